The molecule has 3 rings (SSSR count). The second-order valence-corrected chi connectivity index (χ2v) is 5.54. The molecule has 2 bridgehead atoms. The minimum absolute atomic E-state index is 0.118. The maximum absolute atomic E-state index is 6.29. The highest BCUT2D eigenvalue weighted by Crippen LogP contribution is 2.52. The van der Waals surface area contributed by atoms with Crippen molar-refractivity contribution in [2.45, 2.75) is 50.6 Å². The van der Waals surface area contributed by atoms with Gasteiger partial charge in [0.25, 0.3) is 0 Å². The van der Waals surface area contributed by atoms with Crippen LogP contribution in [0, 0.1) is 0 Å². The molecule has 3 heteroatoms. The number of hydrogen-bond acceptors (Lipinski definition) is 3. The largest absolute Gasteiger partial charge is 0.496 e. The molecule has 1 aromatic carbocycles. The Labute approximate surface area is 108 Å². The minimum Gasteiger partial charge on any atom is -0.496 e. The maximum Gasteiger partial charge on any atom is 0.167 e. The lowest BCUT2D eigenvalue weighted by Gasteiger charge is -2.29. The first-order valence-corrected chi connectivity index (χ1v) is 6.59. The van der Waals surface area contributed by atoms with E-state index in [0.717, 1.165) is 30.6 Å². The van der Waals surface area contributed by atoms with Gasteiger partial charge >= 0.3 is 0 Å². The average Bonchev–Trinajstić information content (AvgIpc) is 2.55. The van der Waals surface area contributed by atoms with Crippen molar-refractivity contribution in [3.63, 3.8) is 0 Å². The molecule has 0 N–H and O–H groups in total. The third-order valence-electron chi connectivity index (χ3n) is 4.17. The summed E-state index contributed by atoms with van der Waals surface area (Å²) in [5.74, 6) is 0.443. The molecule has 2 fully saturated rings. The molecule has 0 aliphatic carbocycles. The van der Waals surface area contributed by atoms with E-state index in [-0.39, 0.29) is 6.10 Å². The van der Waals surface area contributed by atoms with E-state index in [1.807, 2.05) is 25.1 Å². The second-order valence-electron chi connectivity index (χ2n) is 5.54. The Bertz CT molecular complexity index is 459. The first-order chi connectivity index (χ1) is 8.57. The molecule has 98 valence electrons. The van der Waals surface area contributed by atoms with Crippen LogP contribution in [0.3, 0.4) is 0 Å². The van der Waals surface area contributed by atoms with Crippen LogP contribution < -0.4 is 4.74 Å². The Balaban J connectivity index is 2.05. The van der Waals surface area contributed by atoms with Gasteiger partial charge in [0.2, 0.25) is 0 Å². The quantitative estimate of drug-likeness (QED) is 0.804. The smallest absolute Gasteiger partial charge is 0.167 e. The van der Waals surface area contributed by atoms with E-state index < -0.39 is 11.4 Å². The molecular weight excluding hydrogens is 228 g/mol. The SMILES string of the molecule is COc1ccccc1[C@@]1(C)O[C@]2(C)CCC[C@H]1O2. The number of benzene rings is 1. The average molecular weight is 248 g/mol. The Morgan fingerprint density at radius 2 is 2.06 bits per heavy atom. The van der Waals surface area contributed by atoms with Crippen molar-refractivity contribution in [2.24, 2.45) is 0 Å². The van der Waals surface area contributed by atoms with Gasteiger partial charge in [0.05, 0.1) is 13.2 Å². The van der Waals surface area contributed by atoms with Gasteiger partial charge in [0, 0.05) is 12.0 Å². The van der Waals surface area contributed by atoms with E-state index in [9.17, 15) is 0 Å². The fourth-order valence-corrected chi connectivity index (χ4v) is 3.29. The molecular formula is C15H20O3. The van der Waals surface area contributed by atoms with Gasteiger partial charge in [0.15, 0.2) is 5.79 Å². The van der Waals surface area contributed by atoms with Crippen LogP contribution in [0.25, 0.3) is 0 Å². The Morgan fingerprint density at radius 3 is 2.78 bits per heavy atom. The van der Waals surface area contributed by atoms with Crippen molar-refractivity contribution in [1.82, 2.24) is 0 Å². The van der Waals surface area contributed by atoms with E-state index in [0.29, 0.717) is 0 Å². The van der Waals surface area contributed by atoms with E-state index >= 15 is 0 Å². The third kappa shape index (κ3) is 1.65. The first-order valence-electron chi connectivity index (χ1n) is 6.59. The lowest BCUT2D eigenvalue weighted by molar-refractivity contribution is -0.189. The number of ether oxygens (including phenoxy) is 3. The molecule has 3 nitrogen and oxygen atoms in total. The van der Waals surface area contributed by atoms with Crippen molar-refractivity contribution in [3.05, 3.63) is 29.8 Å². The van der Waals surface area contributed by atoms with Gasteiger partial charge in [-0.25, -0.2) is 0 Å². The van der Waals surface area contributed by atoms with Crippen LogP contribution in [0.2, 0.25) is 0 Å². The molecule has 0 unspecified atom stereocenters. The van der Waals surface area contributed by atoms with E-state index in [2.05, 4.69) is 13.0 Å². The fourth-order valence-electron chi connectivity index (χ4n) is 3.29. The molecule has 0 radical (unpaired) electrons. The van der Waals surface area contributed by atoms with Crippen molar-refractivity contribution < 1.29 is 14.2 Å². The summed E-state index contributed by atoms with van der Waals surface area (Å²) in [7, 11) is 1.70. The molecule has 0 spiro atoms. The van der Waals surface area contributed by atoms with Gasteiger partial charge in [-0.2, -0.15) is 0 Å². The van der Waals surface area contributed by atoms with Crippen LogP contribution in [-0.2, 0) is 15.1 Å². The number of para-hydroxylation sites is 1. The summed E-state index contributed by atoms with van der Waals surface area (Å²) >= 11 is 0. The van der Waals surface area contributed by atoms with Gasteiger partial charge in [0.1, 0.15) is 11.4 Å². The zero-order valence-electron chi connectivity index (χ0n) is 11.2. The number of methoxy groups -OCH3 is 1. The Kier molecular flexibility index (Phi) is 2.65. The zero-order chi connectivity index (χ0) is 12.8. The van der Waals surface area contributed by atoms with Crippen LogP contribution >= 0.6 is 0 Å². The van der Waals surface area contributed by atoms with Gasteiger partial charge in [-0.05, 0) is 32.8 Å². The summed E-state index contributed by atoms with van der Waals surface area (Å²) in [6, 6.07) is 8.06. The molecule has 2 aliphatic heterocycles. The van der Waals surface area contributed by atoms with Crippen LogP contribution in [0.5, 0.6) is 5.75 Å². The molecule has 3 atom stereocenters. The monoisotopic (exact) mass is 248 g/mol. The summed E-state index contributed by atoms with van der Waals surface area (Å²) in [6.07, 6.45) is 3.29. The topological polar surface area (TPSA) is 27.7 Å². The first kappa shape index (κ1) is 12.0. The summed E-state index contributed by atoms with van der Waals surface area (Å²) in [6.45, 7) is 4.16. The predicted octanol–water partition coefficient (Wildman–Crippen LogP) is 3.23. The summed E-state index contributed by atoms with van der Waals surface area (Å²) < 4.78 is 17.8. The van der Waals surface area contributed by atoms with Crippen molar-refractivity contribution in [1.29, 1.82) is 0 Å². The highest BCUT2D eigenvalue weighted by atomic mass is 16.8. The van der Waals surface area contributed by atoms with Crippen LogP contribution in [0.15, 0.2) is 24.3 Å². The van der Waals surface area contributed by atoms with Gasteiger partial charge in [-0.15, -0.1) is 0 Å². The zero-order valence-corrected chi connectivity index (χ0v) is 11.2. The molecule has 0 saturated carbocycles. The number of rotatable bonds is 2. The molecule has 2 aliphatic rings. The molecule has 2 saturated heterocycles. The van der Waals surface area contributed by atoms with Crippen LogP contribution in [-0.4, -0.2) is 19.0 Å². The normalized spacial score (nSPS) is 38.7. The maximum atomic E-state index is 6.29. The van der Waals surface area contributed by atoms with E-state index in [1.165, 1.54) is 0 Å². The highest BCUT2D eigenvalue weighted by molar-refractivity contribution is 5.39. The number of fused-ring (bicyclic) bond motifs is 2. The second kappa shape index (κ2) is 3.97. The summed E-state index contributed by atoms with van der Waals surface area (Å²) in [5, 5.41) is 0. The molecule has 1 aromatic rings. The molecule has 0 amide bonds. The predicted molar refractivity (Wildman–Crippen MR) is 68.6 cm³/mol. The standard InChI is InChI=1S/C15H20O3/c1-14-10-6-9-13(17-14)15(2,18-14)11-7-4-5-8-12(11)16-3/h4-5,7-8,13H,6,9-10H2,1-3H3/t13-,14-,15-/m1/s1. The van der Waals surface area contributed by atoms with Crippen LogP contribution in [0.1, 0.15) is 38.7 Å². The Hall–Kier alpha value is -1.06. The van der Waals surface area contributed by atoms with Gasteiger partial charge < -0.3 is 14.2 Å². The van der Waals surface area contributed by atoms with E-state index in [4.69, 9.17) is 14.2 Å². The third-order valence-corrected chi connectivity index (χ3v) is 4.17. The van der Waals surface area contributed by atoms with Gasteiger partial charge in [-0.1, -0.05) is 18.2 Å². The van der Waals surface area contributed by atoms with Gasteiger partial charge in [-0.3, -0.25) is 0 Å². The van der Waals surface area contributed by atoms with E-state index in [1.54, 1.807) is 7.11 Å². The fraction of sp³-hybridized carbons (Fsp3) is 0.600. The molecule has 0 aromatic heterocycles. The highest BCUT2D eigenvalue weighted by Gasteiger charge is 2.55. The Morgan fingerprint density at radius 1 is 1.28 bits per heavy atom. The van der Waals surface area contributed by atoms with Crippen molar-refractivity contribution in [2.75, 3.05) is 7.11 Å². The summed E-state index contributed by atoms with van der Waals surface area (Å²) in [4.78, 5) is 0. The minimum atomic E-state index is -0.432. The number of hydrogen-bond donors (Lipinski definition) is 0. The lowest BCUT2D eigenvalue weighted by Crippen LogP contribution is -2.34. The molecule has 2 heterocycles. The molecule has 18 heavy (non-hydrogen) atoms. The summed E-state index contributed by atoms with van der Waals surface area (Å²) in [5.41, 5.74) is 0.681. The lowest BCUT2D eigenvalue weighted by atomic mass is 9.87. The van der Waals surface area contributed by atoms with Crippen LogP contribution in [0.4, 0.5) is 0 Å². The van der Waals surface area contributed by atoms with Crippen molar-refractivity contribution >= 4 is 0 Å². The van der Waals surface area contributed by atoms with Crippen molar-refractivity contribution in [3.8, 4) is 5.75 Å².